The Balaban J connectivity index is 2.00. The van der Waals surface area contributed by atoms with Crippen LogP contribution < -0.4 is 15.8 Å². The Morgan fingerprint density at radius 3 is 2.48 bits per heavy atom. The van der Waals surface area contributed by atoms with Crippen LogP contribution in [0, 0.1) is 0 Å². The lowest BCUT2D eigenvalue weighted by Gasteiger charge is -2.08. The van der Waals surface area contributed by atoms with Crippen molar-refractivity contribution in [3.8, 4) is 0 Å². The molecule has 0 spiro atoms. The monoisotopic (exact) mass is 401 g/mol. The minimum Gasteiger partial charge on any atom is -0.330 e. The van der Waals surface area contributed by atoms with Gasteiger partial charge in [-0.15, -0.1) is 10.2 Å². The van der Waals surface area contributed by atoms with Crippen LogP contribution in [0.4, 0.5) is 11.5 Å². The van der Waals surface area contributed by atoms with E-state index >= 15 is 0 Å². The fourth-order valence-electron chi connectivity index (χ4n) is 1.73. The first-order chi connectivity index (χ1) is 11.9. The number of hydrogen-bond acceptors (Lipinski definition) is 7. The summed E-state index contributed by atoms with van der Waals surface area (Å²) in [6.45, 7) is 0.509. The van der Waals surface area contributed by atoms with Gasteiger partial charge in [0.2, 0.25) is 5.91 Å². The summed E-state index contributed by atoms with van der Waals surface area (Å²) in [5.41, 5.74) is 5.86. The minimum absolute atomic E-state index is 0.0276. The third-order valence-electron chi connectivity index (χ3n) is 2.81. The zero-order valence-electron chi connectivity index (χ0n) is 13.0. The molecular weight excluding hydrogens is 386 g/mol. The Morgan fingerprint density at radius 1 is 1.16 bits per heavy atom. The van der Waals surface area contributed by atoms with Crippen LogP contribution in [0.3, 0.4) is 0 Å². The van der Waals surface area contributed by atoms with E-state index in [0.717, 1.165) is 0 Å². The fraction of sp³-hybridized carbons (Fsp3) is 0.214. The topological polar surface area (TPSA) is 127 Å². The number of amides is 1. The number of nitrogens with zero attached hydrogens (tertiary/aromatic N) is 2. The number of sulfonamides is 1. The maximum absolute atomic E-state index is 12.3. The van der Waals surface area contributed by atoms with E-state index in [1.54, 1.807) is 0 Å². The van der Waals surface area contributed by atoms with Crippen LogP contribution in [-0.4, -0.2) is 42.6 Å². The van der Waals surface area contributed by atoms with Gasteiger partial charge < -0.3 is 11.1 Å². The number of carbonyl (C=O) groups is 1. The number of anilines is 2. The van der Waals surface area contributed by atoms with E-state index in [9.17, 15) is 13.2 Å². The van der Waals surface area contributed by atoms with Crippen molar-refractivity contribution in [1.82, 2.24) is 10.2 Å². The van der Waals surface area contributed by atoms with Crippen LogP contribution in [0.2, 0.25) is 5.15 Å². The molecule has 2 aromatic rings. The second-order valence-corrected chi connectivity index (χ2v) is 7.94. The van der Waals surface area contributed by atoms with Crippen molar-refractivity contribution in [2.24, 2.45) is 5.73 Å². The van der Waals surface area contributed by atoms with Crippen molar-refractivity contribution in [3.05, 3.63) is 41.6 Å². The molecule has 25 heavy (non-hydrogen) atoms. The van der Waals surface area contributed by atoms with Crippen molar-refractivity contribution in [2.45, 2.75) is 4.90 Å². The third-order valence-corrected chi connectivity index (χ3v) is 5.38. The highest BCUT2D eigenvalue weighted by Gasteiger charge is 2.15. The fourth-order valence-corrected chi connectivity index (χ4v) is 3.40. The van der Waals surface area contributed by atoms with Gasteiger partial charge in [0, 0.05) is 18.0 Å². The van der Waals surface area contributed by atoms with Gasteiger partial charge in [0.05, 0.1) is 10.6 Å². The van der Waals surface area contributed by atoms with Gasteiger partial charge >= 0.3 is 0 Å². The molecule has 1 heterocycles. The highest BCUT2D eigenvalue weighted by molar-refractivity contribution is 8.00. The molecule has 11 heteroatoms. The molecule has 1 aromatic heterocycles. The molecular formula is C14H16ClN5O3S2. The first-order valence-electron chi connectivity index (χ1n) is 7.10. The standard InChI is InChI=1S/C14H16ClN5O3S2/c15-12-5-6-13(19-18-12)20-25(22,23)11-3-1-10(2-4-11)17-14(21)9-24-8-7-16/h1-6H,7-9,16H2,(H,17,21)(H,19,20). The number of carbonyl (C=O) groups excluding carboxylic acids is 1. The Labute approximate surface area is 154 Å². The molecule has 8 nitrogen and oxygen atoms in total. The van der Waals surface area contributed by atoms with Gasteiger partial charge in [-0.1, -0.05) is 11.6 Å². The molecule has 0 saturated carbocycles. The molecule has 0 aliphatic heterocycles. The lowest BCUT2D eigenvalue weighted by atomic mass is 10.3. The van der Waals surface area contributed by atoms with Crippen LogP contribution in [0.15, 0.2) is 41.3 Å². The highest BCUT2D eigenvalue weighted by Crippen LogP contribution is 2.17. The van der Waals surface area contributed by atoms with Gasteiger partial charge in [-0.05, 0) is 36.4 Å². The largest absolute Gasteiger partial charge is 0.330 e. The molecule has 0 bridgehead atoms. The summed E-state index contributed by atoms with van der Waals surface area (Å²) in [4.78, 5) is 11.7. The van der Waals surface area contributed by atoms with E-state index in [4.69, 9.17) is 17.3 Å². The van der Waals surface area contributed by atoms with Crippen LogP contribution in [-0.2, 0) is 14.8 Å². The Bertz CT molecular complexity index is 813. The molecule has 1 aromatic carbocycles. The molecule has 2 rings (SSSR count). The minimum atomic E-state index is -3.82. The molecule has 0 fully saturated rings. The summed E-state index contributed by atoms with van der Waals surface area (Å²) in [5.74, 6) is 0.861. The molecule has 0 atom stereocenters. The first kappa shape index (κ1) is 19.4. The first-order valence-corrected chi connectivity index (χ1v) is 10.1. The van der Waals surface area contributed by atoms with E-state index in [1.807, 2.05) is 0 Å². The van der Waals surface area contributed by atoms with Crippen LogP contribution in [0.5, 0.6) is 0 Å². The lowest BCUT2D eigenvalue weighted by Crippen LogP contribution is -2.16. The summed E-state index contributed by atoms with van der Waals surface area (Å²) in [6, 6.07) is 8.61. The molecule has 4 N–H and O–H groups in total. The number of thioether (sulfide) groups is 1. The van der Waals surface area contributed by atoms with Gasteiger partial charge in [0.15, 0.2) is 11.0 Å². The zero-order chi connectivity index (χ0) is 18.3. The van der Waals surface area contributed by atoms with Gasteiger partial charge in [-0.25, -0.2) is 8.42 Å². The van der Waals surface area contributed by atoms with Crippen LogP contribution in [0.1, 0.15) is 0 Å². The van der Waals surface area contributed by atoms with E-state index in [2.05, 4.69) is 20.2 Å². The molecule has 0 aliphatic carbocycles. The molecule has 134 valence electrons. The number of nitrogens with two attached hydrogens (primary N) is 1. The molecule has 0 unspecified atom stereocenters. The molecule has 0 aliphatic rings. The van der Waals surface area contributed by atoms with Gasteiger partial charge in [-0.2, -0.15) is 11.8 Å². The predicted molar refractivity (Wildman–Crippen MR) is 99.3 cm³/mol. The second kappa shape index (κ2) is 8.99. The van der Waals surface area contributed by atoms with E-state index < -0.39 is 10.0 Å². The van der Waals surface area contributed by atoms with E-state index in [0.29, 0.717) is 18.0 Å². The predicted octanol–water partition coefficient (Wildman–Crippen LogP) is 1.56. The molecule has 1 amide bonds. The Morgan fingerprint density at radius 2 is 1.88 bits per heavy atom. The number of rotatable bonds is 8. The number of nitrogens with one attached hydrogen (secondary N) is 2. The van der Waals surface area contributed by atoms with Crippen molar-refractivity contribution in [2.75, 3.05) is 28.1 Å². The summed E-state index contributed by atoms with van der Waals surface area (Å²) < 4.78 is 26.9. The van der Waals surface area contributed by atoms with Gasteiger partial charge in [0.1, 0.15) is 0 Å². The highest BCUT2D eigenvalue weighted by atomic mass is 35.5. The van der Waals surface area contributed by atoms with Crippen LogP contribution in [0.25, 0.3) is 0 Å². The normalized spacial score (nSPS) is 11.1. The summed E-state index contributed by atoms with van der Waals surface area (Å²) in [6.07, 6.45) is 0. The summed E-state index contributed by atoms with van der Waals surface area (Å²) in [7, 11) is -3.82. The van der Waals surface area contributed by atoms with Crippen molar-refractivity contribution in [1.29, 1.82) is 0 Å². The van der Waals surface area contributed by atoms with Crippen molar-refractivity contribution in [3.63, 3.8) is 0 Å². The van der Waals surface area contributed by atoms with E-state index in [-0.39, 0.29) is 27.5 Å². The molecule has 0 radical (unpaired) electrons. The van der Waals surface area contributed by atoms with Gasteiger partial charge in [-0.3, -0.25) is 9.52 Å². The average Bonchev–Trinajstić information content (AvgIpc) is 2.57. The quantitative estimate of drug-likeness (QED) is 0.572. The van der Waals surface area contributed by atoms with Crippen molar-refractivity contribution >= 4 is 50.8 Å². The number of benzene rings is 1. The smallest absolute Gasteiger partial charge is 0.263 e. The van der Waals surface area contributed by atoms with Crippen molar-refractivity contribution < 1.29 is 13.2 Å². The number of aromatic nitrogens is 2. The van der Waals surface area contributed by atoms with Crippen LogP contribution >= 0.6 is 23.4 Å². The SMILES string of the molecule is NCCSCC(=O)Nc1ccc(S(=O)(=O)Nc2ccc(Cl)nn2)cc1. The van der Waals surface area contributed by atoms with E-state index in [1.165, 1.54) is 48.2 Å². The zero-order valence-corrected chi connectivity index (χ0v) is 15.4. The van der Waals surface area contributed by atoms with Gasteiger partial charge in [0.25, 0.3) is 10.0 Å². The maximum atomic E-state index is 12.3. The lowest BCUT2D eigenvalue weighted by molar-refractivity contribution is -0.113. The maximum Gasteiger partial charge on any atom is 0.263 e. The number of hydrogen-bond donors (Lipinski definition) is 3. The summed E-state index contributed by atoms with van der Waals surface area (Å²) in [5, 5.41) is 10.0. The Hall–Kier alpha value is -1.88. The second-order valence-electron chi connectivity index (χ2n) is 4.76. The molecule has 0 saturated heterocycles. The average molecular weight is 402 g/mol. The third kappa shape index (κ3) is 6.16. The summed E-state index contributed by atoms with van der Waals surface area (Å²) >= 11 is 7.03. The number of halogens is 1. The Kier molecular flexibility index (Phi) is 7.00.